The topological polar surface area (TPSA) is 58.6 Å². The molecule has 1 saturated heterocycles. The minimum absolute atomic E-state index is 0.0666. The average molecular weight is 277 g/mol. The first-order valence-corrected chi connectivity index (χ1v) is 7.24. The molecule has 2 aliphatic rings. The van der Waals surface area contributed by atoms with Gasteiger partial charge in [-0.15, -0.1) is 0 Å². The quantitative estimate of drug-likeness (QED) is 0.774. The summed E-state index contributed by atoms with van der Waals surface area (Å²) in [5.41, 5.74) is 1.47. The molecular formula is C16H23NO3. The van der Waals surface area contributed by atoms with Crippen molar-refractivity contribution in [2.24, 2.45) is 5.92 Å². The van der Waals surface area contributed by atoms with Crippen LogP contribution in [0.3, 0.4) is 0 Å². The van der Waals surface area contributed by atoms with Gasteiger partial charge >= 0.3 is 0 Å². The van der Waals surface area contributed by atoms with Crippen molar-refractivity contribution in [3.05, 3.63) is 35.9 Å². The Morgan fingerprint density at radius 2 is 2.10 bits per heavy atom. The van der Waals surface area contributed by atoms with E-state index in [-0.39, 0.29) is 12.0 Å². The fraction of sp³-hybridized carbons (Fsp3) is 0.562. The van der Waals surface area contributed by atoms with Gasteiger partial charge in [0.1, 0.15) is 0 Å². The number of carbonyl (C=O) groups is 1. The Morgan fingerprint density at radius 1 is 1.40 bits per heavy atom. The highest BCUT2D eigenvalue weighted by atomic mass is 16.5. The summed E-state index contributed by atoms with van der Waals surface area (Å²) in [7, 11) is 0. The Morgan fingerprint density at radius 3 is 2.80 bits per heavy atom. The molecule has 3 rings (SSSR count). The van der Waals surface area contributed by atoms with E-state index in [1.54, 1.807) is 0 Å². The van der Waals surface area contributed by atoms with E-state index in [0.717, 1.165) is 13.2 Å². The van der Waals surface area contributed by atoms with Crippen molar-refractivity contribution in [2.75, 3.05) is 13.2 Å². The van der Waals surface area contributed by atoms with E-state index in [4.69, 9.17) is 14.6 Å². The SMILES string of the molecule is CC1CCCC2(c3ccccc3)NCCOC12.O=CO. The number of benzene rings is 1. The van der Waals surface area contributed by atoms with Crippen LogP contribution in [0.4, 0.5) is 0 Å². The molecular weight excluding hydrogens is 254 g/mol. The fourth-order valence-electron chi connectivity index (χ4n) is 3.58. The van der Waals surface area contributed by atoms with E-state index >= 15 is 0 Å². The highest BCUT2D eigenvalue weighted by molar-refractivity contribution is 5.32. The van der Waals surface area contributed by atoms with Crippen LogP contribution in [0.5, 0.6) is 0 Å². The largest absolute Gasteiger partial charge is 0.483 e. The molecule has 4 nitrogen and oxygen atoms in total. The summed E-state index contributed by atoms with van der Waals surface area (Å²) in [6.07, 6.45) is 4.13. The van der Waals surface area contributed by atoms with Gasteiger partial charge < -0.3 is 15.2 Å². The van der Waals surface area contributed by atoms with Gasteiger partial charge in [-0.2, -0.15) is 0 Å². The van der Waals surface area contributed by atoms with Crippen LogP contribution in [0.25, 0.3) is 0 Å². The summed E-state index contributed by atoms with van der Waals surface area (Å²) >= 11 is 0. The molecule has 1 heterocycles. The zero-order valence-corrected chi connectivity index (χ0v) is 11.9. The first kappa shape index (κ1) is 15.0. The zero-order chi connectivity index (χ0) is 14.4. The maximum Gasteiger partial charge on any atom is 0.290 e. The van der Waals surface area contributed by atoms with Crippen molar-refractivity contribution in [3.8, 4) is 0 Å². The van der Waals surface area contributed by atoms with E-state index in [9.17, 15) is 0 Å². The first-order chi connectivity index (χ1) is 9.74. The molecule has 1 aliphatic heterocycles. The molecule has 1 aromatic rings. The van der Waals surface area contributed by atoms with Gasteiger partial charge in [0.25, 0.3) is 6.47 Å². The Hall–Kier alpha value is -1.39. The van der Waals surface area contributed by atoms with Crippen LogP contribution in [0.15, 0.2) is 30.3 Å². The minimum Gasteiger partial charge on any atom is -0.483 e. The lowest BCUT2D eigenvalue weighted by Crippen LogP contribution is -2.61. The molecule has 0 bridgehead atoms. The first-order valence-electron chi connectivity index (χ1n) is 7.24. The van der Waals surface area contributed by atoms with Gasteiger partial charge in [0.15, 0.2) is 0 Å². The van der Waals surface area contributed by atoms with Crippen LogP contribution >= 0.6 is 0 Å². The lowest BCUT2D eigenvalue weighted by Gasteiger charge is -2.50. The van der Waals surface area contributed by atoms with Crippen LogP contribution in [0, 0.1) is 5.92 Å². The molecule has 1 saturated carbocycles. The van der Waals surface area contributed by atoms with Gasteiger partial charge in [-0.1, -0.05) is 43.7 Å². The van der Waals surface area contributed by atoms with Crippen LogP contribution in [-0.4, -0.2) is 30.8 Å². The van der Waals surface area contributed by atoms with Gasteiger partial charge in [0.05, 0.1) is 18.2 Å². The Bertz CT molecular complexity index is 419. The van der Waals surface area contributed by atoms with Crippen molar-refractivity contribution in [1.82, 2.24) is 5.32 Å². The predicted octanol–water partition coefficient (Wildman–Crippen LogP) is 2.39. The number of hydrogen-bond acceptors (Lipinski definition) is 3. The molecule has 0 spiro atoms. The highest BCUT2D eigenvalue weighted by Gasteiger charge is 2.47. The van der Waals surface area contributed by atoms with Crippen molar-refractivity contribution >= 4 is 6.47 Å². The third-order valence-electron chi connectivity index (χ3n) is 4.36. The van der Waals surface area contributed by atoms with Crippen molar-refractivity contribution in [2.45, 2.75) is 37.8 Å². The molecule has 0 radical (unpaired) electrons. The van der Waals surface area contributed by atoms with E-state index in [1.807, 2.05) is 0 Å². The van der Waals surface area contributed by atoms with Gasteiger partial charge in [-0.3, -0.25) is 4.79 Å². The maximum atomic E-state index is 8.36. The van der Waals surface area contributed by atoms with Gasteiger partial charge in [0.2, 0.25) is 0 Å². The second-order valence-corrected chi connectivity index (χ2v) is 5.53. The second-order valence-electron chi connectivity index (χ2n) is 5.53. The van der Waals surface area contributed by atoms with E-state index < -0.39 is 0 Å². The van der Waals surface area contributed by atoms with Crippen LogP contribution in [0.1, 0.15) is 31.7 Å². The van der Waals surface area contributed by atoms with Crippen molar-refractivity contribution in [3.63, 3.8) is 0 Å². The molecule has 3 atom stereocenters. The lowest BCUT2D eigenvalue weighted by molar-refractivity contribution is -0.122. The van der Waals surface area contributed by atoms with Gasteiger partial charge in [-0.25, -0.2) is 0 Å². The van der Waals surface area contributed by atoms with Gasteiger partial charge in [-0.05, 0) is 24.3 Å². The number of morpholine rings is 1. The third-order valence-corrected chi connectivity index (χ3v) is 4.36. The summed E-state index contributed by atoms with van der Waals surface area (Å²) in [5, 5.41) is 10.6. The molecule has 3 unspecified atom stereocenters. The van der Waals surface area contributed by atoms with Gasteiger partial charge in [0, 0.05) is 6.54 Å². The Labute approximate surface area is 120 Å². The highest BCUT2D eigenvalue weighted by Crippen LogP contribution is 2.43. The smallest absolute Gasteiger partial charge is 0.290 e. The molecule has 110 valence electrons. The molecule has 1 aliphatic carbocycles. The third kappa shape index (κ3) is 2.86. The lowest BCUT2D eigenvalue weighted by atomic mass is 9.69. The summed E-state index contributed by atoms with van der Waals surface area (Å²) in [5.74, 6) is 0.650. The molecule has 0 aromatic heterocycles. The Kier molecular flexibility index (Phi) is 5.15. The number of nitrogens with one attached hydrogen (secondary N) is 1. The average Bonchev–Trinajstić information content (AvgIpc) is 2.49. The van der Waals surface area contributed by atoms with Crippen LogP contribution in [0.2, 0.25) is 0 Å². The zero-order valence-electron chi connectivity index (χ0n) is 11.9. The summed E-state index contributed by atoms with van der Waals surface area (Å²) in [4.78, 5) is 8.36. The predicted molar refractivity (Wildman–Crippen MR) is 77.6 cm³/mol. The number of carboxylic acid groups (broad SMARTS) is 1. The fourth-order valence-corrected chi connectivity index (χ4v) is 3.58. The molecule has 20 heavy (non-hydrogen) atoms. The van der Waals surface area contributed by atoms with Crippen LogP contribution < -0.4 is 5.32 Å². The second kappa shape index (κ2) is 6.86. The van der Waals surface area contributed by atoms with E-state index in [1.165, 1.54) is 24.8 Å². The normalized spacial score (nSPS) is 32.5. The van der Waals surface area contributed by atoms with Crippen LogP contribution in [-0.2, 0) is 15.1 Å². The number of ether oxygens (including phenoxy) is 1. The van der Waals surface area contributed by atoms with E-state index in [0.29, 0.717) is 12.0 Å². The summed E-state index contributed by atoms with van der Waals surface area (Å²) in [6.45, 7) is 3.90. The molecule has 0 amide bonds. The van der Waals surface area contributed by atoms with Crippen molar-refractivity contribution in [1.29, 1.82) is 0 Å². The van der Waals surface area contributed by atoms with Crippen molar-refractivity contribution < 1.29 is 14.6 Å². The minimum atomic E-state index is -0.250. The van der Waals surface area contributed by atoms with E-state index in [2.05, 4.69) is 42.6 Å². The number of rotatable bonds is 1. The monoisotopic (exact) mass is 277 g/mol. The number of hydrogen-bond donors (Lipinski definition) is 2. The standard InChI is InChI=1S/C15H21NO.CH2O2/c1-12-6-5-9-15(13-7-3-2-4-8-13)14(12)17-11-10-16-15;2-1-3/h2-4,7-8,12,14,16H,5-6,9-11H2,1H3;1H,(H,2,3). The maximum absolute atomic E-state index is 8.36. The molecule has 2 fully saturated rings. The summed E-state index contributed by atoms with van der Waals surface area (Å²) < 4.78 is 6.09. The molecule has 2 N–H and O–H groups in total. The Balaban J connectivity index is 0.000000452. The molecule has 1 aromatic carbocycles. The molecule has 4 heteroatoms. The number of fused-ring (bicyclic) bond motifs is 1. The summed E-state index contributed by atoms with van der Waals surface area (Å²) in [6, 6.07) is 10.8.